The van der Waals surface area contributed by atoms with E-state index in [0.29, 0.717) is 37.2 Å². The van der Waals surface area contributed by atoms with E-state index < -0.39 is 16.6 Å². The lowest BCUT2D eigenvalue weighted by Gasteiger charge is -2.49. The molecule has 0 aliphatic carbocycles. The zero-order valence-corrected chi connectivity index (χ0v) is 41.3. The van der Waals surface area contributed by atoms with Crippen LogP contribution < -0.4 is 0 Å². The van der Waals surface area contributed by atoms with Crippen LogP contribution in [0.25, 0.3) is 0 Å². The summed E-state index contributed by atoms with van der Waals surface area (Å²) in [7, 11) is -3.18. The lowest BCUT2D eigenvalue weighted by atomic mass is 9.56. The van der Waals surface area contributed by atoms with Crippen LogP contribution >= 0.6 is 0 Å². The van der Waals surface area contributed by atoms with E-state index in [1.54, 1.807) is 0 Å². The van der Waals surface area contributed by atoms with Crippen LogP contribution in [0.2, 0.25) is 36.3 Å². The summed E-state index contributed by atoms with van der Waals surface area (Å²) in [6.45, 7) is 72.5. The second kappa shape index (κ2) is 98.3. The molecule has 0 saturated carbocycles. The van der Waals surface area contributed by atoms with Crippen molar-refractivity contribution >= 4 is 16.6 Å². The fourth-order valence-electron chi connectivity index (χ4n) is 4.11. The molecule has 0 aromatic heterocycles. The van der Waals surface area contributed by atoms with E-state index in [4.69, 9.17) is 8.85 Å². The van der Waals surface area contributed by atoms with Crippen LogP contribution in [0.5, 0.6) is 0 Å². The van der Waals surface area contributed by atoms with Crippen molar-refractivity contribution in [2.24, 2.45) is 27.1 Å². The highest BCUT2D eigenvalue weighted by molar-refractivity contribution is 6.87. The second-order valence-electron chi connectivity index (χ2n) is 23.8. The first-order valence-corrected chi connectivity index (χ1v) is 24.4. The average Bonchev–Trinajstić information content (AvgIpc) is 2.65. The highest BCUT2D eigenvalue weighted by Crippen LogP contribution is 2.50. The minimum atomic E-state index is -1.59. The van der Waals surface area contributed by atoms with Crippen LogP contribution in [0.15, 0.2) is 11.1 Å². The van der Waals surface area contributed by atoms with Gasteiger partial charge in [-0.25, -0.2) is 0 Å². The Morgan fingerprint density at radius 1 is 0.217 bits per heavy atom. The molecule has 0 N–H and O–H groups in total. The van der Waals surface area contributed by atoms with Crippen molar-refractivity contribution in [1.29, 1.82) is 0 Å². The molecule has 0 aliphatic heterocycles. The van der Waals surface area contributed by atoms with Gasteiger partial charge in [0.1, 0.15) is 0 Å². The third-order valence-electron chi connectivity index (χ3n) is 11.3. The van der Waals surface area contributed by atoms with Gasteiger partial charge in [0, 0.05) is 0 Å². The first-order valence-electron chi connectivity index (χ1n) is 18.6. The van der Waals surface area contributed by atoms with Gasteiger partial charge in [-0.2, -0.15) is 0 Å². The molecule has 0 fully saturated rings. The summed E-state index contributed by atoms with van der Waals surface area (Å²) >= 11 is 0. The first kappa shape index (κ1) is 302. The predicted molar refractivity (Wildman–Crippen MR) is 468 cm³/mol. The fraction of sp³-hybridized carbons (Fsp3) is 0.975. The summed E-state index contributed by atoms with van der Waals surface area (Å²) in [5.74, 6) is 0. The Labute approximate surface area is 569 Å². The highest BCUT2D eigenvalue weighted by Gasteiger charge is 2.46. The van der Waals surface area contributed by atoms with E-state index in [-0.39, 0.29) is 279 Å². The van der Waals surface area contributed by atoms with E-state index >= 15 is 0 Å². The van der Waals surface area contributed by atoms with E-state index in [0.717, 1.165) is 0 Å². The van der Waals surface area contributed by atoms with Crippen LogP contribution in [0.4, 0.5) is 0 Å². The molecule has 0 amide bonds. The number of hydrogen-bond donors (Lipinski definition) is 0. The lowest BCUT2D eigenvalue weighted by Crippen LogP contribution is -2.53. The molecule has 2 nitrogen and oxygen atoms in total. The SMILES string of the molecule is C.C.C.C.C.C.C.C.C.C.C.C.C.C.C.C.C.C.C.C.C.C.C.C.C.C.C.C.C.C.C.C.C.C.C.C.C/C(=C(\C)C(C)(C)C)C(C)(C)C.CC(C)(C)C(C)(C)C(C)(C)C.CC(C)(C)OC(C)(C)C.CC(C)(C)[Si](C)(C)O[Si](C)(C)C(C)(C)C. The van der Waals surface area contributed by atoms with Crippen LogP contribution in [0.1, 0.15) is 461 Å². The van der Waals surface area contributed by atoms with Gasteiger partial charge in [-0.3, -0.25) is 0 Å². The number of hydrogen-bond acceptors (Lipinski definition) is 2. The smallest absolute Gasteiger partial charge is 0.178 e. The molecule has 0 spiro atoms. The van der Waals surface area contributed by atoms with Crippen molar-refractivity contribution in [3.05, 3.63) is 11.1 Å². The molecule has 0 bridgehead atoms. The Kier molecular flexibility index (Phi) is 357. The molecular formula is C79H240O2Si2. The molecule has 576 valence electrons. The molecule has 0 aromatic carbocycles. The summed E-state index contributed by atoms with van der Waals surface area (Å²) in [6.07, 6.45) is 0. The summed E-state index contributed by atoms with van der Waals surface area (Å²) in [5, 5.41) is 0.644. The zero-order valence-electron chi connectivity index (χ0n) is 39.3. The van der Waals surface area contributed by atoms with E-state index in [1.807, 2.05) is 0 Å². The molecule has 0 unspecified atom stereocenters. The van der Waals surface area contributed by atoms with Crippen molar-refractivity contribution in [2.75, 3.05) is 0 Å². The maximum absolute atomic E-state index is 6.63. The van der Waals surface area contributed by atoms with Gasteiger partial charge in [-0.1, -0.05) is 417 Å². The normalized spacial score (nSPS) is 8.67. The van der Waals surface area contributed by atoms with Crippen LogP contribution in [-0.4, -0.2) is 27.8 Å². The largest absolute Gasteiger partial charge is 0.455 e. The quantitative estimate of drug-likeness (QED) is 0.203. The highest BCUT2D eigenvalue weighted by atomic mass is 28.4. The predicted octanol–water partition coefficient (Wildman–Crippen LogP) is 39.0. The van der Waals surface area contributed by atoms with Crippen LogP contribution in [0, 0.1) is 27.1 Å². The molecule has 83 heavy (non-hydrogen) atoms. The zero-order chi connectivity index (χ0) is 40.1. The molecule has 0 aliphatic rings. The molecule has 0 atom stereocenters. The van der Waals surface area contributed by atoms with Gasteiger partial charge in [0.2, 0.25) is 0 Å². The van der Waals surface area contributed by atoms with Gasteiger partial charge in [-0.15, -0.1) is 0 Å². The maximum atomic E-state index is 6.63. The minimum Gasteiger partial charge on any atom is -0.455 e. The average molecular weight is 1280 g/mol. The van der Waals surface area contributed by atoms with Crippen molar-refractivity contribution < 1.29 is 8.85 Å². The monoisotopic (exact) mass is 1280 g/mol. The molecular weight excluding hydrogens is 1040 g/mol. The molecule has 0 rings (SSSR count). The van der Waals surface area contributed by atoms with E-state index in [2.05, 4.69) is 220 Å². The summed E-state index contributed by atoms with van der Waals surface area (Å²) in [4.78, 5) is 0. The van der Waals surface area contributed by atoms with E-state index in [1.165, 1.54) is 11.1 Å². The number of allylic oxidation sites excluding steroid dienone is 2. The summed E-state index contributed by atoms with van der Waals surface area (Å²) < 4.78 is 12.3. The van der Waals surface area contributed by atoms with Crippen molar-refractivity contribution in [2.45, 2.75) is 509 Å². The number of ether oxygens (including phenoxy) is 1. The van der Waals surface area contributed by atoms with Crippen molar-refractivity contribution in [3.63, 3.8) is 0 Å². The van der Waals surface area contributed by atoms with Crippen molar-refractivity contribution in [3.8, 4) is 0 Å². The van der Waals surface area contributed by atoms with Gasteiger partial charge in [0.25, 0.3) is 0 Å². The Bertz CT molecular complexity index is 853. The summed E-state index contributed by atoms with van der Waals surface area (Å²) in [6, 6.07) is 0. The van der Waals surface area contributed by atoms with Crippen LogP contribution in [-0.2, 0) is 8.85 Å². The van der Waals surface area contributed by atoms with Crippen molar-refractivity contribution in [1.82, 2.24) is 0 Å². The molecule has 0 aromatic rings. The Hall–Kier alpha value is 0.0938. The Morgan fingerprint density at radius 2 is 0.325 bits per heavy atom. The maximum Gasteiger partial charge on any atom is 0.178 e. The van der Waals surface area contributed by atoms with Gasteiger partial charge in [0.05, 0.1) is 11.2 Å². The molecule has 0 heterocycles. The molecule has 4 heteroatoms. The Morgan fingerprint density at radius 3 is 0.361 bits per heavy atom. The second-order valence-corrected chi connectivity index (χ2v) is 33.7. The molecule has 0 radical (unpaired) electrons. The molecule has 0 saturated heterocycles. The van der Waals surface area contributed by atoms with E-state index in [9.17, 15) is 0 Å². The first-order chi connectivity index (χ1) is 19.5. The lowest BCUT2D eigenvalue weighted by molar-refractivity contribution is -0.102. The summed E-state index contributed by atoms with van der Waals surface area (Å²) in [5.41, 5.74) is 4.78. The fourth-order valence-corrected chi connectivity index (χ4v) is 11.7. The number of rotatable bonds is 2. The third-order valence-corrected chi connectivity index (χ3v) is 22.6. The van der Waals surface area contributed by atoms with Crippen LogP contribution in [0.3, 0.4) is 0 Å². The van der Waals surface area contributed by atoms with Gasteiger partial charge < -0.3 is 8.85 Å². The van der Waals surface area contributed by atoms with Gasteiger partial charge in [-0.05, 0) is 119 Å². The van der Waals surface area contributed by atoms with Gasteiger partial charge >= 0.3 is 0 Å². The topological polar surface area (TPSA) is 18.5 Å². The Balaban J connectivity index is -0.00000000688. The standard InChI is InChI=1S/C12H30OSi2.C12H24.C11H24.C8H18O.36CH4/c1-11(2,3)14(7,8)13-15(9,10)12(4,5)6;1-9(11(3,4)5)10(2)12(6,7)8;1-9(2,3)11(7,8)10(4,5)6;1-7(2,3)9-8(4,5)6;;;;;;;;;;;;;;;;;;;;;;;;;;;;;;;;;;;;/h1-10H3;1-8H3;1-8H3;1-6H3;36*1H4/b;10-9-;;;;;;;;;;;;;;;;;;;;;;;;;;;;;;;;;;;;;;. The van der Waals surface area contributed by atoms with Gasteiger partial charge in [0.15, 0.2) is 16.6 Å². The third kappa shape index (κ3) is 128. The minimum absolute atomic E-state index is 0.